The number of aromatic nitrogens is 1. The van der Waals surface area contributed by atoms with Crippen LogP contribution in [0.4, 0.5) is 0 Å². The highest BCUT2D eigenvalue weighted by Crippen LogP contribution is 2.25. The Bertz CT molecular complexity index is 596. The number of aromatic carboxylic acids is 1. The van der Waals surface area contributed by atoms with E-state index in [0.717, 1.165) is 11.1 Å². The Morgan fingerprint density at radius 3 is 2.62 bits per heavy atom. The predicted octanol–water partition coefficient (Wildman–Crippen LogP) is 2.30. The number of carboxylic acids is 1. The summed E-state index contributed by atoms with van der Waals surface area (Å²) >= 11 is 0. The maximum Gasteiger partial charge on any atom is 0.353 e. The van der Waals surface area contributed by atoms with Gasteiger partial charge in [-0.15, -0.1) is 0 Å². The van der Waals surface area contributed by atoms with Gasteiger partial charge < -0.3 is 10.1 Å². The van der Waals surface area contributed by atoms with Crippen molar-refractivity contribution in [1.82, 2.24) is 4.98 Å². The Kier molecular flexibility index (Phi) is 2.27. The van der Waals surface area contributed by atoms with Crippen LogP contribution in [-0.2, 0) is 0 Å². The lowest BCUT2D eigenvalue weighted by Crippen LogP contribution is -2.00. The van der Waals surface area contributed by atoms with Crippen molar-refractivity contribution in [1.29, 1.82) is 0 Å². The van der Waals surface area contributed by atoms with E-state index < -0.39 is 5.97 Å². The van der Waals surface area contributed by atoms with Gasteiger partial charge in [0.15, 0.2) is 6.29 Å². The van der Waals surface area contributed by atoms with E-state index in [1.807, 2.05) is 26.0 Å². The minimum absolute atomic E-state index is 0.0429. The normalized spacial score (nSPS) is 10.6. The molecule has 4 heteroatoms. The molecule has 0 spiro atoms. The molecule has 0 unspecified atom stereocenters. The van der Waals surface area contributed by atoms with E-state index in [0.29, 0.717) is 17.2 Å². The van der Waals surface area contributed by atoms with Crippen LogP contribution in [0.2, 0.25) is 0 Å². The lowest BCUT2D eigenvalue weighted by atomic mass is 10.1. The van der Waals surface area contributed by atoms with Gasteiger partial charge in [-0.05, 0) is 25.5 Å². The molecule has 0 aliphatic heterocycles. The van der Waals surface area contributed by atoms with Gasteiger partial charge in [-0.3, -0.25) is 4.79 Å². The number of carboxylic acid groups (broad SMARTS) is 1. The van der Waals surface area contributed by atoms with Gasteiger partial charge in [-0.25, -0.2) is 4.79 Å². The summed E-state index contributed by atoms with van der Waals surface area (Å²) in [6, 6.07) is 3.76. The number of fused-ring (bicyclic) bond motifs is 1. The minimum atomic E-state index is -1.12. The fraction of sp³-hybridized carbons (Fsp3) is 0.167. The van der Waals surface area contributed by atoms with Crippen molar-refractivity contribution in [3.05, 3.63) is 34.5 Å². The summed E-state index contributed by atoms with van der Waals surface area (Å²) in [5.74, 6) is -1.12. The van der Waals surface area contributed by atoms with E-state index >= 15 is 0 Å². The monoisotopic (exact) mass is 217 g/mol. The second-order valence-corrected chi connectivity index (χ2v) is 3.84. The fourth-order valence-electron chi connectivity index (χ4n) is 1.96. The Morgan fingerprint density at radius 2 is 2.06 bits per heavy atom. The molecule has 16 heavy (non-hydrogen) atoms. The first-order valence-corrected chi connectivity index (χ1v) is 4.86. The van der Waals surface area contributed by atoms with Crippen LogP contribution in [0.25, 0.3) is 10.9 Å². The van der Waals surface area contributed by atoms with Crippen LogP contribution < -0.4 is 0 Å². The van der Waals surface area contributed by atoms with Crippen LogP contribution in [0.15, 0.2) is 12.1 Å². The summed E-state index contributed by atoms with van der Waals surface area (Å²) in [6.07, 6.45) is 0.584. The molecule has 2 N–H and O–H groups in total. The Morgan fingerprint density at radius 1 is 1.38 bits per heavy atom. The summed E-state index contributed by atoms with van der Waals surface area (Å²) < 4.78 is 0. The number of hydrogen-bond donors (Lipinski definition) is 2. The largest absolute Gasteiger partial charge is 0.477 e. The quantitative estimate of drug-likeness (QED) is 0.758. The Balaban J connectivity index is 2.92. The molecule has 2 rings (SSSR count). The van der Waals surface area contributed by atoms with Gasteiger partial charge in [-0.1, -0.05) is 11.6 Å². The van der Waals surface area contributed by atoms with Crippen molar-refractivity contribution in [2.24, 2.45) is 0 Å². The topological polar surface area (TPSA) is 70.2 Å². The van der Waals surface area contributed by atoms with Gasteiger partial charge in [0.25, 0.3) is 0 Å². The van der Waals surface area contributed by atoms with Gasteiger partial charge in [0, 0.05) is 10.9 Å². The number of nitrogens with one attached hydrogen (secondary N) is 1. The van der Waals surface area contributed by atoms with Crippen LogP contribution >= 0.6 is 0 Å². The Hall–Kier alpha value is -2.10. The predicted molar refractivity (Wildman–Crippen MR) is 60.1 cm³/mol. The first-order valence-electron chi connectivity index (χ1n) is 4.86. The minimum Gasteiger partial charge on any atom is -0.477 e. The number of benzene rings is 1. The van der Waals surface area contributed by atoms with Crippen molar-refractivity contribution in [3.63, 3.8) is 0 Å². The lowest BCUT2D eigenvalue weighted by molar-refractivity contribution is 0.0688. The Labute approximate surface area is 91.9 Å². The lowest BCUT2D eigenvalue weighted by Gasteiger charge is -1.98. The van der Waals surface area contributed by atoms with Crippen LogP contribution in [-0.4, -0.2) is 22.3 Å². The van der Waals surface area contributed by atoms with Crippen molar-refractivity contribution < 1.29 is 14.7 Å². The molecule has 0 atom stereocenters. The van der Waals surface area contributed by atoms with E-state index in [4.69, 9.17) is 5.11 Å². The van der Waals surface area contributed by atoms with E-state index in [-0.39, 0.29) is 11.3 Å². The van der Waals surface area contributed by atoms with Crippen LogP contribution in [0.1, 0.15) is 32.0 Å². The van der Waals surface area contributed by atoms with Gasteiger partial charge in [0.1, 0.15) is 5.69 Å². The first kappa shape index (κ1) is 10.4. The van der Waals surface area contributed by atoms with Crippen molar-refractivity contribution in [2.45, 2.75) is 13.8 Å². The van der Waals surface area contributed by atoms with Crippen molar-refractivity contribution >= 4 is 23.2 Å². The summed E-state index contributed by atoms with van der Waals surface area (Å²) in [5.41, 5.74) is 2.83. The molecule has 1 aromatic heterocycles. The van der Waals surface area contributed by atoms with Crippen molar-refractivity contribution in [3.8, 4) is 0 Å². The molecule has 0 amide bonds. The van der Waals surface area contributed by atoms with Gasteiger partial charge in [-0.2, -0.15) is 0 Å². The summed E-state index contributed by atoms with van der Waals surface area (Å²) in [4.78, 5) is 24.7. The smallest absolute Gasteiger partial charge is 0.353 e. The third kappa shape index (κ3) is 1.39. The number of aryl methyl sites for hydroxylation is 2. The highest BCUT2D eigenvalue weighted by molar-refractivity contribution is 6.08. The SMILES string of the molecule is Cc1cc(C)c2[nH]c(C(=O)O)c(C=O)c2c1. The van der Waals surface area contributed by atoms with Crippen molar-refractivity contribution in [2.75, 3.05) is 0 Å². The zero-order chi connectivity index (χ0) is 11.9. The zero-order valence-corrected chi connectivity index (χ0v) is 9.00. The number of carbonyl (C=O) groups excluding carboxylic acids is 1. The molecule has 0 saturated heterocycles. The number of carbonyl (C=O) groups is 2. The molecule has 1 heterocycles. The first-order chi connectivity index (χ1) is 7.54. The van der Waals surface area contributed by atoms with Gasteiger partial charge in [0.05, 0.1) is 5.56 Å². The van der Waals surface area contributed by atoms with E-state index in [1.54, 1.807) is 0 Å². The second-order valence-electron chi connectivity index (χ2n) is 3.84. The zero-order valence-electron chi connectivity index (χ0n) is 9.00. The summed E-state index contributed by atoms with van der Waals surface area (Å²) in [7, 11) is 0. The molecule has 1 aromatic carbocycles. The van der Waals surface area contributed by atoms with E-state index in [2.05, 4.69) is 4.98 Å². The molecule has 0 radical (unpaired) electrons. The highest BCUT2D eigenvalue weighted by Gasteiger charge is 2.17. The number of aromatic amines is 1. The third-order valence-electron chi connectivity index (χ3n) is 2.62. The number of hydrogen-bond acceptors (Lipinski definition) is 2. The number of H-pyrrole nitrogens is 1. The molecule has 0 aliphatic carbocycles. The van der Waals surface area contributed by atoms with E-state index in [9.17, 15) is 9.59 Å². The molecular formula is C12H11NO3. The maximum absolute atomic E-state index is 11.0. The molecule has 82 valence electrons. The second kappa shape index (κ2) is 3.48. The molecule has 4 nitrogen and oxygen atoms in total. The highest BCUT2D eigenvalue weighted by atomic mass is 16.4. The van der Waals surface area contributed by atoms with Crippen LogP contribution in [0, 0.1) is 13.8 Å². The fourth-order valence-corrected chi connectivity index (χ4v) is 1.96. The number of rotatable bonds is 2. The average molecular weight is 217 g/mol. The van der Waals surface area contributed by atoms with Crippen LogP contribution in [0.5, 0.6) is 0 Å². The maximum atomic E-state index is 11.0. The van der Waals surface area contributed by atoms with Crippen LogP contribution in [0.3, 0.4) is 0 Å². The van der Waals surface area contributed by atoms with E-state index in [1.165, 1.54) is 0 Å². The molecule has 0 saturated carbocycles. The third-order valence-corrected chi connectivity index (χ3v) is 2.62. The van der Waals surface area contributed by atoms with Gasteiger partial charge >= 0.3 is 5.97 Å². The summed E-state index contributed by atoms with van der Waals surface area (Å²) in [5, 5.41) is 9.64. The number of aldehydes is 1. The molecule has 0 aliphatic rings. The average Bonchev–Trinajstić information content (AvgIpc) is 2.56. The summed E-state index contributed by atoms with van der Waals surface area (Å²) in [6.45, 7) is 3.79. The molecular weight excluding hydrogens is 206 g/mol. The molecule has 0 bridgehead atoms. The standard InChI is InChI=1S/C12H11NO3/c1-6-3-7(2)10-8(4-6)9(5-14)11(13-10)12(15)16/h3-5,13H,1-2H3,(H,15,16). The van der Waals surface area contributed by atoms with Gasteiger partial charge in [0.2, 0.25) is 0 Å². The molecule has 0 fully saturated rings. The molecule has 2 aromatic rings.